The van der Waals surface area contributed by atoms with Crippen molar-refractivity contribution in [2.24, 2.45) is 7.05 Å². The molecule has 0 saturated heterocycles. The van der Waals surface area contributed by atoms with Crippen molar-refractivity contribution in [2.45, 2.75) is 19.9 Å². The fraction of sp³-hybridized carbons (Fsp3) is 0.286. The van der Waals surface area contributed by atoms with E-state index in [-0.39, 0.29) is 5.56 Å². The van der Waals surface area contributed by atoms with E-state index in [1.807, 2.05) is 20.0 Å². The molecule has 0 unspecified atom stereocenters. The molecule has 0 aliphatic heterocycles. The number of aryl methyl sites for hydroxylation is 2. The van der Waals surface area contributed by atoms with Crippen molar-refractivity contribution >= 4 is 17.3 Å². The number of hydrogen-bond donors (Lipinski definition) is 1. The van der Waals surface area contributed by atoms with Gasteiger partial charge in [0.15, 0.2) is 0 Å². The average molecular weight is 293 g/mol. The summed E-state index contributed by atoms with van der Waals surface area (Å²) in [4.78, 5) is 0. The summed E-state index contributed by atoms with van der Waals surface area (Å²) >= 11 is 6.25. The normalized spacial score (nSPS) is 10.3. The van der Waals surface area contributed by atoms with E-state index < -0.39 is 5.82 Å². The van der Waals surface area contributed by atoms with Crippen LogP contribution in [0, 0.1) is 17.1 Å². The molecule has 1 aromatic heterocycles. The first kappa shape index (κ1) is 14.4. The molecule has 104 valence electrons. The number of benzene rings is 1. The van der Waals surface area contributed by atoms with Crippen LogP contribution in [0.25, 0.3) is 0 Å². The van der Waals surface area contributed by atoms with E-state index in [1.165, 1.54) is 12.1 Å². The van der Waals surface area contributed by atoms with Crippen LogP contribution in [0.4, 0.5) is 10.1 Å². The Morgan fingerprint density at radius 2 is 2.25 bits per heavy atom. The predicted molar refractivity (Wildman–Crippen MR) is 76.0 cm³/mol. The highest BCUT2D eigenvalue weighted by atomic mass is 35.5. The Kier molecular flexibility index (Phi) is 4.26. The fourth-order valence-corrected chi connectivity index (χ4v) is 2.31. The van der Waals surface area contributed by atoms with Gasteiger partial charge in [-0.3, -0.25) is 4.68 Å². The number of nitrogens with zero attached hydrogens (tertiary/aromatic N) is 3. The second kappa shape index (κ2) is 5.93. The lowest BCUT2D eigenvalue weighted by Gasteiger charge is -2.09. The molecule has 0 aliphatic carbocycles. The summed E-state index contributed by atoms with van der Waals surface area (Å²) < 4.78 is 14.8. The van der Waals surface area contributed by atoms with Crippen LogP contribution >= 0.6 is 11.6 Å². The van der Waals surface area contributed by atoms with Gasteiger partial charge in [-0.1, -0.05) is 18.5 Å². The highest BCUT2D eigenvalue weighted by molar-refractivity contribution is 6.31. The van der Waals surface area contributed by atoms with Gasteiger partial charge in [0.1, 0.15) is 11.9 Å². The molecule has 1 aromatic carbocycles. The zero-order valence-electron chi connectivity index (χ0n) is 11.2. The maximum Gasteiger partial charge on any atom is 0.124 e. The van der Waals surface area contributed by atoms with E-state index in [4.69, 9.17) is 16.9 Å². The van der Waals surface area contributed by atoms with Crippen molar-refractivity contribution in [3.05, 3.63) is 46.0 Å². The molecule has 0 fully saturated rings. The molecular weight excluding hydrogens is 279 g/mol. The van der Waals surface area contributed by atoms with Gasteiger partial charge in [0.25, 0.3) is 0 Å². The number of hydrogen-bond acceptors (Lipinski definition) is 3. The molecule has 1 heterocycles. The van der Waals surface area contributed by atoms with Crippen LogP contribution in [0.3, 0.4) is 0 Å². The quantitative estimate of drug-likeness (QED) is 0.941. The molecular formula is C14H14ClFN4. The van der Waals surface area contributed by atoms with Gasteiger partial charge >= 0.3 is 0 Å². The lowest BCUT2D eigenvalue weighted by molar-refractivity contribution is 0.627. The summed E-state index contributed by atoms with van der Waals surface area (Å²) in [6, 6.07) is 6.01. The molecule has 0 radical (unpaired) electrons. The molecule has 0 aliphatic rings. The third-order valence-electron chi connectivity index (χ3n) is 3.05. The standard InChI is InChI=1S/C14H14ClFN4/c1-3-11-14(15)13(20(2)19-11)8-18-12-5-4-10(16)6-9(12)7-17/h4-6,18H,3,8H2,1-2H3. The fourth-order valence-electron chi connectivity index (χ4n) is 1.95. The third kappa shape index (κ3) is 2.75. The monoisotopic (exact) mass is 292 g/mol. The molecule has 1 N–H and O–H groups in total. The number of nitriles is 1. The van der Waals surface area contributed by atoms with Crippen molar-refractivity contribution in [3.8, 4) is 6.07 Å². The Morgan fingerprint density at radius 1 is 1.50 bits per heavy atom. The topological polar surface area (TPSA) is 53.6 Å². The molecule has 0 saturated carbocycles. The summed E-state index contributed by atoms with van der Waals surface area (Å²) in [7, 11) is 1.82. The van der Waals surface area contributed by atoms with Crippen LogP contribution in [0.2, 0.25) is 5.02 Å². The molecule has 0 bridgehead atoms. The Bertz CT molecular complexity index is 673. The SMILES string of the molecule is CCc1nn(C)c(CNc2ccc(F)cc2C#N)c1Cl. The van der Waals surface area contributed by atoms with E-state index in [2.05, 4.69) is 10.4 Å². The van der Waals surface area contributed by atoms with E-state index in [9.17, 15) is 4.39 Å². The molecule has 4 nitrogen and oxygen atoms in total. The number of nitrogens with one attached hydrogen (secondary N) is 1. The third-order valence-corrected chi connectivity index (χ3v) is 3.49. The van der Waals surface area contributed by atoms with E-state index in [0.717, 1.165) is 17.8 Å². The van der Waals surface area contributed by atoms with Gasteiger partial charge in [0.2, 0.25) is 0 Å². The molecule has 0 spiro atoms. The maximum atomic E-state index is 13.1. The zero-order chi connectivity index (χ0) is 14.7. The van der Waals surface area contributed by atoms with Gasteiger partial charge in [-0.2, -0.15) is 10.4 Å². The Hall–Kier alpha value is -2.06. The summed E-state index contributed by atoms with van der Waals surface area (Å²) in [5.41, 5.74) is 2.51. The van der Waals surface area contributed by atoms with Crippen LogP contribution in [-0.2, 0) is 20.0 Å². The van der Waals surface area contributed by atoms with Crippen molar-refractivity contribution in [1.29, 1.82) is 5.26 Å². The minimum atomic E-state index is -0.432. The number of aromatic nitrogens is 2. The minimum Gasteiger partial charge on any atom is -0.378 e. The summed E-state index contributed by atoms with van der Waals surface area (Å²) in [6.45, 7) is 2.40. The summed E-state index contributed by atoms with van der Waals surface area (Å²) in [6.07, 6.45) is 0.757. The lowest BCUT2D eigenvalue weighted by atomic mass is 10.2. The highest BCUT2D eigenvalue weighted by Gasteiger charge is 2.13. The van der Waals surface area contributed by atoms with Gasteiger partial charge in [-0.15, -0.1) is 0 Å². The van der Waals surface area contributed by atoms with Gasteiger partial charge in [0, 0.05) is 7.05 Å². The van der Waals surface area contributed by atoms with Crippen molar-refractivity contribution in [3.63, 3.8) is 0 Å². The van der Waals surface area contributed by atoms with E-state index in [1.54, 1.807) is 10.7 Å². The smallest absolute Gasteiger partial charge is 0.124 e. The van der Waals surface area contributed by atoms with E-state index >= 15 is 0 Å². The highest BCUT2D eigenvalue weighted by Crippen LogP contribution is 2.23. The van der Waals surface area contributed by atoms with Crippen LogP contribution in [0.5, 0.6) is 0 Å². The minimum absolute atomic E-state index is 0.263. The first-order chi connectivity index (χ1) is 9.56. The van der Waals surface area contributed by atoms with Crippen LogP contribution < -0.4 is 5.32 Å². The van der Waals surface area contributed by atoms with E-state index in [0.29, 0.717) is 17.3 Å². The Labute approximate surface area is 121 Å². The van der Waals surface area contributed by atoms with Gasteiger partial charge in [0.05, 0.1) is 34.2 Å². The van der Waals surface area contributed by atoms with Gasteiger partial charge in [-0.05, 0) is 24.6 Å². The second-order valence-electron chi connectivity index (χ2n) is 4.34. The van der Waals surface area contributed by atoms with Crippen LogP contribution in [0.1, 0.15) is 23.9 Å². The predicted octanol–water partition coefficient (Wildman–Crippen LogP) is 3.26. The largest absolute Gasteiger partial charge is 0.378 e. The second-order valence-corrected chi connectivity index (χ2v) is 4.72. The average Bonchev–Trinajstić information content (AvgIpc) is 2.72. The number of rotatable bonds is 4. The first-order valence-corrected chi connectivity index (χ1v) is 6.58. The van der Waals surface area contributed by atoms with Gasteiger partial charge in [-0.25, -0.2) is 4.39 Å². The Balaban J connectivity index is 2.22. The molecule has 0 atom stereocenters. The van der Waals surface area contributed by atoms with Crippen molar-refractivity contribution in [1.82, 2.24) is 9.78 Å². The molecule has 2 aromatic rings. The summed E-state index contributed by atoms with van der Waals surface area (Å²) in [5, 5.41) is 17.0. The molecule has 20 heavy (non-hydrogen) atoms. The molecule has 0 amide bonds. The van der Waals surface area contributed by atoms with Crippen LogP contribution in [-0.4, -0.2) is 9.78 Å². The number of anilines is 1. The van der Waals surface area contributed by atoms with Crippen LogP contribution in [0.15, 0.2) is 18.2 Å². The molecule has 2 rings (SSSR count). The Morgan fingerprint density at radius 3 is 2.85 bits per heavy atom. The lowest BCUT2D eigenvalue weighted by Crippen LogP contribution is -2.07. The van der Waals surface area contributed by atoms with Gasteiger partial charge < -0.3 is 5.32 Å². The van der Waals surface area contributed by atoms with Crippen molar-refractivity contribution < 1.29 is 4.39 Å². The maximum absolute atomic E-state index is 13.1. The summed E-state index contributed by atoms with van der Waals surface area (Å²) in [5.74, 6) is -0.432. The first-order valence-electron chi connectivity index (χ1n) is 6.20. The van der Waals surface area contributed by atoms with Crippen molar-refractivity contribution in [2.75, 3.05) is 5.32 Å². The zero-order valence-corrected chi connectivity index (χ0v) is 12.0. The molecule has 6 heteroatoms. The number of halogens is 2.